The lowest BCUT2D eigenvalue weighted by Crippen LogP contribution is -2.29. The second-order valence-electron chi connectivity index (χ2n) is 4.13. The van der Waals surface area contributed by atoms with Crippen molar-refractivity contribution < 1.29 is 4.79 Å². The molecule has 1 aromatic rings. The molecule has 0 aromatic carbocycles. The van der Waals surface area contributed by atoms with Crippen LogP contribution in [0.1, 0.15) is 23.3 Å². The van der Waals surface area contributed by atoms with Crippen molar-refractivity contribution in [1.82, 2.24) is 14.7 Å². The standard InChI is InChI=1S/C10H14BrN3O/c1-13(5-7-3-4-7)10(15)9-8(11)6-14(2)12-9/h6-7H,3-5H2,1-2H3. The summed E-state index contributed by atoms with van der Waals surface area (Å²) in [6.07, 6.45) is 4.29. The Hall–Kier alpha value is -0.840. The molecule has 1 saturated carbocycles. The Labute approximate surface area is 97.4 Å². The van der Waals surface area contributed by atoms with Gasteiger partial charge in [0.2, 0.25) is 0 Å². The molecule has 0 spiro atoms. The van der Waals surface area contributed by atoms with Crippen molar-refractivity contribution in [1.29, 1.82) is 0 Å². The minimum absolute atomic E-state index is 0.00521. The highest BCUT2D eigenvalue weighted by atomic mass is 79.9. The molecule has 2 rings (SSSR count). The SMILES string of the molecule is CN(CC1CC1)C(=O)c1nn(C)cc1Br. The number of rotatable bonds is 3. The summed E-state index contributed by atoms with van der Waals surface area (Å²) in [6.45, 7) is 0.849. The van der Waals surface area contributed by atoms with E-state index in [0.717, 1.165) is 11.0 Å². The third kappa shape index (κ3) is 2.40. The molecule has 5 heteroatoms. The molecule has 1 aliphatic carbocycles. The van der Waals surface area contributed by atoms with Crippen LogP contribution in [0.25, 0.3) is 0 Å². The van der Waals surface area contributed by atoms with Crippen molar-refractivity contribution in [3.8, 4) is 0 Å². The summed E-state index contributed by atoms with van der Waals surface area (Å²) in [6, 6.07) is 0. The smallest absolute Gasteiger partial charge is 0.275 e. The van der Waals surface area contributed by atoms with Crippen LogP contribution in [0.2, 0.25) is 0 Å². The fourth-order valence-electron chi connectivity index (χ4n) is 1.56. The average Bonchev–Trinajstić information content (AvgIpc) is 2.90. The van der Waals surface area contributed by atoms with Gasteiger partial charge in [0.1, 0.15) is 0 Å². The minimum Gasteiger partial charge on any atom is -0.340 e. The van der Waals surface area contributed by atoms with Gasteiger partial charge in [-0.1, -0.05) is 0 Å². The van der Waals surface area contributed by atoms with E-state index in [1.54, 1.807) is 15.8 Å². The fraction of sp³-hybridized carbons (Fsp3) is 0.600. The number of halogens is 1. The first-order valence-electron chi connectivity index (χ1n) is 5.02. The van der Waals surface area contributed by atoms with E-state index in [9.17, 15) is 4.79 Å². The highest BCUT2D eigenvalue weighted by molar-refractivity contribution is 9.10. The molecule has 0 bridgehead atoms. The molecule has 1 aromatic heterocycles. The Kier molecular flexibility index (Phi) is 2.82. The maximum Gasteiger partial charge on any atom is 0.275 e. The lowest BCUT2D eigenvalue weighted by molar-refractivity contribution is 0.0781. The molecule has 0 saturated heterocycles. The summed E-state index contributed by atoms with van der Waals surface area (Å²) in [4.78, 5) is 13.7. The highest BCUT2D eigenvalue weighted by Gasteiger charge is 2.26. The van der Waals surface area contributed by atoms with E-state index in [0.29, 0.717) is 11.6 Å². The maximum atomic E-state index is 12.0. The predicted octanol–water partition coefficient (Wildman–Crippen LogP) is 1.66. The van der Waals surface area contributed by atoms with Gasteiger partial charge in [-0.15, -0.1) is 0 Å². The first kappa shape index (κ1) is 10.7. The third-order valence-corrected chi connectivity index (χ3v) is 3.14. The normalized spacial score (nSPS) is 15.4. The maximum absolute atomic E-state index is 12.0. The fourth-order valence-corrected chi connectivity index (χ4v) is 2.10. The average molecular weight is 272 g/mol. The molecule has 1 amide bonds. The van der Waals surface area contributed by atoms with Gasteiger partial charge in [0.15, 0.2) is 5.69 Å². The second-order valence-corrected chi connectivity index (χ2v) is 4.98. The molecule has 15 heavy (non-hydrogen) atoms. The first-order chi connectivity index (χ1) is 7.08. The van der Waals surface area contributed by atoms with Gasteiger partial charge in [-0.3, -0.25) is 9.48 Å². The van der Waals surface area contributed by atoms with Gasteiger partial charge in [0.05, 0.1) is 4.47 Å². The molecular formula is C10H14BrN3O. The van der Waals surface area contributed by atoms with Gasteiger partial charge >= 0.3 is 0 Å². The van der Waals surface area contributed by atoms with Crippen molar-refractivity contribution in [2.75, 3.05) is 13.6 Å². The van der Waals surface area contributed by atoms with E-state index >= 15 is 0 Å². The second kappa shape index (κ2) is 3.96. The van der Waals surface area contributed by atoms with Crippen molar-refractivity contribution in [3.63, 3.8) is 0 Å². The lowest BCUT2D eigenvalue weighted by Gasteiger charge is -2.15. The first-order valence-corrected chi connectivity index (χ1v) is 5.82. The van der Waals surface area contributed by atoms with Crippen LogP contribution >= 0.6 is 15.9 Å². The summed E-state index contributed by atoms with van der Waals surface area (Å²) < 4.78 is 2.40. The number of hydrogen-bond acceptors (Lipinski definition) is 2. The van der Waals surface area contributed by atoms with Crippen LogP contribution in [0, 0.1) is 5.92 Å². The Morgan fingerprint density at radius 1 is 1.73 bits per heavy atom. The monoisotopic (exact) mass is 271 g/mol. The van der Waals surface area contributed by atoms with Crippen molar-refractivity contribution >= 4 is 21.8 Å². The predicted molar refractivity (Wildman–Crippen MR) is 60.6 cm³/mol. The topological polar surface area (TPSA) is 38.1 Å². The van der Waals surface area contributed by atoms with Gasteiger partial charge in [-0.05, 0) is 34.7 Å². The van der Waals surface area contributed by atoms with Crippen molar-refractivity contribution in [2.24, 2.45) is 13.0 Å². The largest absolute Gasteiger partial charge is 0.340 e. The van der Waals surface area contributed by atoms with Crippen molar-refractivity contribution in [3.05, 3.63) is 16.4 Å². The van der Waals surface area contributed by atoms with Gasteiger partial charge in [-0.25, -0.2) is 0 Å². The zero-order valence-corrected chi connectivity index (χ0v) is 10.5. The Balaban J connectivity index is 2.08. The molecule has 82 valence electrons. The number of amides is 1. The molecule has 0 atom stereocenters. The quantitative estimate of drug-likeness (QED) is 0.839. The number of hydrogen-bond donors (Lipinski definition) is 0. The van der Waals surface area contributed by atoms with Gasteiger partial charge in [-0.2, -0.15) is 5.10 Å². The third-order valence-electron chi connectivity index (χ3n) is 2.56. The number of aryl methyl sites for hydroxylation is 1. The van der Waals surface area contributed by atoms with Crippen LogP contribution in [0.5, 0.6) is 0 Å². The van der Waals surface area contributed by atoms with Crippen LogP contribution in [-0.2, 0) is 7.05 Å². The van der Waals surface area contributed by atoms with Gasteiger partial charge < -0.3 is 4.90 Å². The van der Waals surface area contributed by atoms with E-state index in [-0.39, 0.29) is 5.91 Å². The molecule has 0 radical (unpaired) electrons. The lowest BCUT2D eigenvalue weighted by atomic mass is 10.3. The number of aromatic nitrogens is 2. The molecule has 0 N–H and O–H groups in total. The van der Waals surface area contributed by atoms with Crippen LogP contribution in [-0.4, -0.2) is 34.2 Å². The molecular weight excluding hydrogens is 258 g/mol. The molecule has 0 unspecified atom stereocenters. The zero-order chi connectivity index (χ0) is 11.0. The van der Waals surface area contributed by atoms with E-state index in [4.69, 9.17) is 0 Å². The van der Waals surface area contributed by atoms with Gasteiger partial charge in [0, 0.05) is 26.8 Å². The van der Waals surface area contributed by atoms with E-state index in [1.807, 2.05) is 14.1 Å². The Morgan fingerprint density at radius 2 is 2.40 bits per heavy atom. The number of carbonyl (C=O) groups excluding carboxylic acids is 1. The molecule has 1 heterocycles. The molecule has 4 nitrogen and oxygen atoms in total. The molecule has 0 aliphatic heterocycles. The van der Waals surface area contributed by atoms with Crippen LogP contribution in [0.4, 0.5) is 0 Å². The molecule has 1 fully saturated rings. The number of carbonyl (C=O) groups is 1. The minimum atomic E-state index is -0.00521. The van der Waals surface area contributed by atoms with E-state index in [2.05, 4.69) is 21.0 Å². The Morgan fingerprint density at radius 3 is 2.87 bits per heavy atom. The molecule has 1 aliphatic rings. The highest BCUT2D eigenvalue weighted by Crippen LogP contribution is 2.29. The summed E-state index contributed by atoms with van der Waals surface area (Å²) in [5.41, 5.74) is 0.501. The summed E-state index contributed by atoms with van der Waals surface area (Å²) >= 11 is 3.34. The summed E-state index contributed by atoms with van der Waals surface area (Å²) in [7, 11) is 3.64. The van der Waals surface area contributed by atoms with Crippen molar-refractivity contribution in [2.45, 2.75) is 12.8 Å². The Bertz CT molecular complexity index is 384. The van der Waals surface area contributed by atoms with Gasteiger partial charge in [0.25, 0.3) is 5.91 Å². The van der Waals surface area contributed by atoms with E-state index in [1.165, 1.54) is 12.8 Å². The van der Waals surface area contributed by atoms with Crippen LogP contribution in [0.3, 0.4) is 0 Å². The zero-order valence-electron chi connectivity index (χ0n) is 8.90. The van der Waals surface area contributed by atoms with Crippen LogP contribution < -0.4 is 0 Å². The van der Waals surface area contributed by atoms with Crippen LogP contribution in [0.15, 0.2) is 10.7 Å². The summed E-state index contributed by atoms with van der Waals surface area (Å²) in [5, 5.41) is 4.14. The summed E-state index contributed by atoms with van der Waals surface area (Å²) in [5.74, 6) is 0.704. The number of nitrogens with zero attached hydrogens (tertiary/aromatic N) is 3. The van der Waals surface area contributed by atoms with E-state index < -0.39 is 0 Å².